The molecule has 0 bridgehead atoms. The molecule has 2 aliphatic rings. The highest BCUT2D eigenvalue weighted by molar-refractivity contribution is 7.89. The van der Waals surface area contributed by atoms with Gasteiger partial charge in [0.25, 0.3) is 11.6 Å². The number of hydrogen-bond acceptors (Lipinski definition) is 5. The molecule has 9 heteroatoms. The number of amides is 1. The molecule has 2 fully saturated rings. The zero-order chi connectivity index (χ0) is 22.7. The van der Waals surface area contributed by atoms with Crippen LogP contribution in [-0.2, 0) is 10.0 Å². The van der Waals surface area contributed by atoms with Crippen molar-refractivity contribution in [3.63, 3.8) is 0 Å². The Labute approximate surface area is 188 Å². The van der Waals surface area contributed by atoms with Gasteiger partial charge in [0.2, 0.25) is 10.0 Å². The highest BCUT2D eigenvalue weighted by Crippen LogP contribution is 2.33. The van der Waals surface area contributed by atoms with E-state index in [2.05, 4.69) is 0 Å². The molecule has 0 spiro atoms. The molecule has 4 rings (SSSR count). The molecule has 0 atom stereocenters. The van der Waals surface area contributed by atoms with Crippen molar-refractivity contribution in [1.29, 1.82) is 0 Å². The van der Waals surface area contributed by atoms with Crippen LogP contribution >= 0.6 is 0 Å². The minimum Gasteiger partial charge on any atom is -0.336 e. The second-order valence-corrected chi connectivity index (χ2v) is 10.3. The molecule has 170 valence electrons. The van der Waals surface area contributed by atoms with Gasteiger partial charge in [-0.2, -0.15) is 4.31 Å². The van der Waals surface area contributed by atoms with Crippen molar-refractivity contribution in [3.8, 4) is 0 Å². The predicted octanol–water partition coefficient (Wildman–Crippen LogP) is 3.79. The number of carbonyl (C=O) groups is 1. The van der Waals surface area contributed by atoms with Crippen molar-refractivity contribution in [1.82, 2.24) is 9.21 Å². The molecule has 32 heavy (non-hydrogen) atoms. The Hall–Kier alpha value is -2.78. The summed E-state index contributed by atoms with van der Waals surface area (Å²) < 4.78 is 27.1. The number of piperazine rings is 1. The molecule has 0 N–H and O–H groups in total. The molecule has 2 aromatic rings. The van der Waals surface area contributed by atoms with E-state index in [1.54, 1.807) is 4.90 Å². The molecule has 0 unspecified atom stereocenters. The number of carbonyl (C=O) groups excluding carboxylic acids is 1. The third-order valence-electron chi connectivity index (χ3n) is 6.44. The zero-order valence-corrected chi connectivity index (χ0v) is 18.7. The Morgan fingerprint density at radius 1 is 0.906 bits per heavy atom. The second kappa shape index (κ2) is 9.38. The van der Waals surface area contributed by atoms with Gasteiger partial charge in [0.1, 0.15) is 0 Å². The molecular formula is C23H27N3O5S. The van der Waals surface area contributed by atoms with Gasteiger partial charge in [-0.3, -0.25) is 14.9 Å². The Bertz CT molecular complexity index is 1090. The monoisotopic (exact) mass is 457 g/mol. The zero-order valence-electron chi connectivity index (χ0n) is 17.9. The third kappa shape index (κ3) is 4.54. The highest BCUT2D eigenvalue weighted by Gasteiger charge is 2.34. The van der Waals surface area contributed by atoms with Gasteiger partial charge in [-0.25, -0.2) is 8.42 Å². The maximum absolute atomic E-state index is 13.0. The van der Waals surface area contributed by atoms with Crippen molar-refractivity contribution in [3.05, 3.63) is 69.8 Å². The number of rotatable bonds is 5. The maximum atomic E-state index is 13.0. The standard InChI is InChI=1S/C23H27N3O5S/c27-23(20-12-10-19(11-13-20)18-6-2-1-3-7-18)24-14-16-25(17-15-24)32(30,31)22-9-5-4-8-21(22)26(28)29/h4-5,8-13,18H,1-3,6-7,14-17H2. The minimum absolute atomic E-state index is 0.0975. The van der Waals surface area contributed by atoms with E-state index in [0.717, 1.165) is 0 Å². The van der Waals surface area contributed by atoms with Gasteiger partial charge in [0, 0.05) is 37.8 Å². The maximum Gasteiger partial charge on any atom is 0.289 e. The van der Waals surface area contributed by atoms with Crippen molar-refractivity contribution < 1.29 is 18.1 Å². The number of benzene rings is 2. The quantitative estimate of drug-likeness (QED) is 0.502. The van der Waals surface area contributed by atoms with Crippen LogP contribution in [0, 0.1) is 10.1 Å². The van der Waals surface area contributed by atoms with Gasteiger partial charge < -0.3 is 4.90 Å². The Kier molecular flexibility index (Phi) is 6.57. The van der Waals surface area contributed by atoms with Crippen LogP contribution in [0.3, 0.4) is 0 Å². The molecule has 0 radical (unpaired) electrons. The summed E-state index contributed by atoms with van der Waals surface area (Å²) in [6.07, 6.45) is 6.20. The van der Waals surface area contributed by atoms with Gasteiger partial charge in [0.05, 0.1) is 4.92 Å². The summed E-state index contributed by atoms with van der Waals surface area (Å²) in [4.78, 5) is 24.8. The van der Waals surface area contributed by atoms with E-state index in [-0.39, 0.29) is 37.0 Å². The fourth-order valence-electron chi connectivity index (χ4n) is 4.61. The second-order valence-electron chi connectivity index (χ2n) is 8.38. The normalized spacial score (nSPS) is 18.4. The summed E-state index contributed by atoms with van der Waals surface area (Å²) in [6.45, 7) is 0.673. The number of nitrogens with zero attached hydrogens (tertiary/aromatic N) is 3. The van der Waals surface area contributed by atoms with Gasteiger partial charge in [-0.15, -0.1) is 0 Å². The summed E-state index contributed by atoms with van der Waals surface area (Å²) in [7, 11) is -4.02. The van der Waals surface area contributed by atoms with E-state index in [0.29, 0.717) is 11.5 Å². The lowest BCUT2D eigenvalue weighted by Crippen LogP contribution is -2.50. The van der Waals surface area contributed by atoms with Crippen LogP contribution < -0.4 is 0 Å². The first-order valence-electron chi connectivity index (χ1n) is 11.0. The van der Waals surface area contributed by atoms with Gasteiger partial charge >= 0.3 is 0 Å². The van der Waals surface area contributed by atoms with Crippen LogP contribution in [0.4, 0.5) is 5.69 Å². The topological polar surface area (TPSA) is 101 Å². The Morgan fingerprint density at radius 3 is 2.16 bits per heavy atom. The molecule has 1 aliphatic heterocycles. The minimum atomic E-state index is -4.02. The molecule has 1 saturated carbocycles. The SMILES string of the molecule is O=C(c1ccc(C2CCCCC2)cc1)N1CCN(S(=O)(=O)c2ccccc2[N+](=O)[O-])CC1. The fourth-order valence-corrected chi connectivity index (χ4v) is 6.19. The van der Waals surface area contributed by atoms with Crippen LogP contribution in [0.5, 0.6) is 0 Å². The molecule has 2 aromatic carbocycles. The molecule has 1 heterocycles. The van der Waals surface area contributed by atoms with Gasteiger partial charge in [-0.05, 0) is 42.5 Å². The number of nitro benzene ring substituents is 1. The first kappa shape index (κ1) is 22.4. The molecular weight excluding hydrogens is 430 g/mol. The largest absolute Gasteiger partial charge is 0.336 e. The van der Waals surface area contributed by atoms with Crippen LogP contribution in [0.1, 0.15) is 53.9 Å². The summed E-state index contributed by atoms with van der Waals surface area (Å²) >= 11 is 0. The number of hydrogen-bond donors (Lipinski definition) is 0. The highest BCUT2D eigenvalue weighted by atomic mass is 32.2. The van der Waals surface area contributed by atoms with Crippen LogP contribution in [0.15, 0.2) is 53.4 Å². The van der Waals surface area contributed by atoms with E-state index >= 15 is 0 Å². The van der Waals surface area contributed by atoms with Crippen molar-refractivity contribution in [2.45, 2.75) is 42.9 Å². The lowest BCUT2D eigenvalue weighted by Gasteiger charge is -2.34. The number of para-hydroxylation sites is 1. The summed E-state index contributed by atoms with van der Waals surface area (Å²) in [5.41, 5.74) is 1.44. The smallest absolute Gasteiger partial charge is 0.289 e. The average molecular weight is 458 g/mol. The summed E-state index contributed by atoms with van der Waals surface area (Å²) in [6, 6.07) is 13.1. The van der Waals surface area contributed by atoms with Crippen LogP contribution in [-0.4, -0.2) is 54.6 Å². The Morgan fingerprint density at radius 2 is 1.53 bits per heavy atom. The van der Waals surface area contributed by atoms with E-state index in [4.69, 9.17) is 0 Å². The van der Waals surface area contributed by atoms with E-state index in [1.165, 1.54) is 66.2 Å². The number of nitro groups is 1. The third-order valence-corrected chi connectivity index (χ3v) is 8.39. The van der Waals surface area contributed by atoms with Gasteiger partial charge in [0.15, 0.2) is 4.90 Å². The molecule has 1 aliphatic carbocycles. The van der Waals surface area contributed by atoms with Crippen molar-refractivity contribution >= 4 is 21.6 Å². The Balaban J connectivity index is 1.41. The molecule has 1 amide bonds. The molecule has 8 nitrogen and oxygen atoms in total. The summed E-state index contributed by atoms with van der Waals surface area (Å²) in [5, 5.41) is 11.2. The van der Waals surface area contributed by atoms with Gasteiger partial charge in [-0.1, -0.05) is 43.5 Å². The van der Waals surface area contributed by atoms with E-state index in [9.17, 15) is 23.3 Å². The first-order valence-corrected chi connectivity index (χ1v) is 12.4. The number of sulfonamides is 1. The first-order chi connectivity index (χ1) is 15.4. The van der Waals surface area contributed by atoms with Crippen molar-refractivity contribution in [2.24, 2.45) is 0 Å². The summed E-state index contributed by atoms with van der Waals surface area (Å²) in [5.74, 6) is 0.451. The lowest BCUT2D eigenvalue weighted by molar-refractivity contribution is -0.387. The van der Waals surface area contributed by atoms with Crippen LogP contribution in [0.25, 0.3) is 0 Å². The van der Waals surface area contributed by atoms with E-state index < -0.39 is 20.6 Å². The lowest BCUT2D eigenvalue weighted by atomic mass is 9.84. The average Bonchev–Trinajstić information content (AvgIpc) is 2.84. The molecule has 0 aromatic heterocycles. The van der Waals surface area contributed by atoms with Crippen LogP contribution in [0.2, 0.25) is 0 Å². The van der Waals surface area contributed by atoms with Crippen molar-refractivity contribution in [2.75, 3.05) is 26.2 Å². The van der Waals surface area contributed by atoms with E-state index in [1.807, 2.05) is 24.3 Å². The molecule has 1 saturated heterocycles. The fraction of sp³-hybridized carbons (Fsp3) is 0.435. The predicted molar refractivity (Wildman–Crippen MR) is 120 cm³/mol.